The number of hydrogen-bond donors (Lipinski definition) is 0. The number of hydrogen-bond acceptors (Lipinski definition) is 6. The molecule has 2 aliphatic rings. The number of rotatable bonds is 0. The fraction of sp³-hybridized carbons (Fsp3) is 0.333. The molecule has 8 bridgehead atoms. The SMILES string of the molecule is Cc1c(C)c(C)c2c(c1C)-c1nc-2nc2[n-]c(nc3nc(nc4[n-]c(n1)c1c(C)c(C)c(C)c(C)c41)-c1c(C)c(C)c(C)c(C)c1-3)c1c(C)c(C)c(C)c(C)c21.[Zn+2]. The summed E-state index contributed by atoms with van der Waals surface area (Å²) < 4.78 is 0. The molecule has 2 aliphatic heterocycles. The quantitative estimate of drug-likeness (QED) is 0.140. The molecule has 0 radical (unpaired) electrons. The van der Waals surface area contributed by atoms with Crippen LogP contribution in [0.4, 0.5) is 0 Å². The Morgan fingerprint density at radius 1 is 0.228 bits per heavy atom. The molecule has 5 heterocycles. The molecule has 282 valence electrons. The molecule has 9 heteroatoms. The molecule has 0 saturated carbocycles. The zero-order chi connectivity index (χ0) is 40.1. The van der Waals surface area contributed by atoms with Crippen molar-refractivity contribution < 1.29 is 19.5 Å². The van der Waals surface area contributed by atoms with Crippen LogP contribution in [-0.2, 0) is 19.5 Å². The number of fused-ring (bicyclic) bond motifs is 20. The van der Waals surface area contributed by atoms with Gasteiger partial charge >= 0.3 is 19.5 Å². The first-order valence-electron chi connectivity index (χ1n) is 19.6. The van der Waals surface area contributed by atoms with Gasteiger partial charge in [-0.05, 0) is 221 Å². The second kappa shape index (κ2) is 12.9. The topological polar surface area (TPSA) is 106 Å². The van der Waals surface area contributed by atoms with E-state index in [1.807, 2.05) is 0 Å². The van der Waals surface area contributed by atoms with Crippen LogP contribution in [0.1, 0.15) is 89.0 Å². The molecule has 8 nitrogen and oxygen atoms in total. The van der Waals surface area contributed by atoms with Crippen molar-refractivity contribution in [2.45, 2.75) is 111 Å². The average molecular weight is 802 g/mol. The van der Waals surface area contributed by atoms with E-state index in [4.69, 9.17) is 39.9 Å². The first-order valence-corrected chi connectivity index (χ1v) is 19.6. The van der Waals surface area contributed by atoms with Gasteiger partial charge in [0.15, 0.2) is 0 Å². The Morgan fingerprint density at radius 3 is 0.596 bits per heavy atom. The van der Waals surface area contributed by atoms with Gasteiger partial charge in [0.1, 0.15) is 0 Å². The van der Waals surface area contributed by atoms with Crippen LogP contribution in [0.2, 0.25) is 0 Å². The summed E-state index contributed by atoms with van der Waals surface area (Å²) in [6.07, 6.45) is 0. The zero-order valence-corrected chi connectivity index (χ0v) is 39.3. The zero-order valence-electron chi connectivity index (χ0n) is 36.3. The van der Waals surface area contributed by atoms with Crippen molar-refractivity contribution in [1.29, 1.82) is 0 Å². The van der Waals surface area contributed by atoms with Crippen LogP contribution in [-0.4, -0.2) is 29.9 Å². The van der Waals surface area contributed by atoms with Crippen molar-refractivity contribution in [2.75, 3.05) is 0 Å². The Morgan fingerprint density at radius 2 is 0.404 bits per heavy atom. The Hall–Kier alpha value is -5.14. The third-order valence-electron chi connectivity index (χ3n) is 14.2. The van der Waals surface area contributed by atoms with E-state index in [9.17, 15) is 0 Å². The van der Waals surface area contributed by atoms with Crippen LogP contribution >= 0.6 is 0 Å². The van der Waals surface area contributed by atoms with Gasteiger partial charge in [-0.3, -0.25) is 0 Å². The molecule has 9 rings (SSSR count). The standard InChI is InChI=1S/C48H48N8.Zn/c1-17-18(2)26(10)34-33(25(17)9)41-49-42(34)54-44-37-29(13)21(5)22(6)30(14)38(37)46(51-44)56-48-40-32(16)24(8)23(7)31(15)39(40)47(52-48)55-45-36-28(12)20(4)19(3)27(11)35(36)43(50-45)53-41;/h1-16H3;/q-2;+2. The number of nitrogens with zero attached hydrogens (tertiary/aromatic N) is 8. The van der Waals surface area contributed by atoms with Crippen molar-refractivity contribution >= 4 is 44.1 Å². The van der Waals surface area contributed by atoms with Crippen molar-refractivity contribution in [3.8, 4) is 45.6 Å². The van der Waals surface area contributed by atoms with Crippen molar-refractivity contribution in [1.82, 2.24) is 39.9 Å². The predicted molar refractivity (Wildman–Crippen MR) is 230 cm³/mol. The molecule has 0 saturated heterocycles. The largest absolute Gasteiger partial charge is 2.00 e. The molecule has 0 atom stereocenters. The van der Waals surface area contributed by atoms with Crippen LogP contribution in [0.5, 0.6) is 0 Å². The molecule has 4 aromatic carbocycles. The Kier molecular flexibility index (Phi) is 8.79. The number of benzene rings is 4. The second-order valence-electron chi connectivity index (χ2n) is 16.5. The first kappa shape index (κ1) is 38.7. The molecule has 0 unspecified atom stereocenters. The van der Waals surface area contributed by atoms with Crippen LogP contribution in [0, 0.1) is 111 Å². The van der Waals surface area contributed by atoms with E-state index in [1.54, 1.807) is 0 Å². The van der Waals surface area contributed by atoms with E-state index in [0.29, 0.717) is 45.9 Å². The smallest absolute Gasteiger partial charge is 0.357 e. The summed E-state index contributed by atoms with van der Waals surface area (Å²) in [7, 11) is 0. The Bertz CT molecular complexity index is 2780. The van der Waals surface area contributed by atoms with E-state index in [2.05, 4.69) is 111 Å². The maximum Gasteiger partial charge on any atom is 2.00 e. The van der Waals surface area contributed by atoms with E-state index in [1.165, 1.54) is 44.5 Å². The molecule has 0 aliphatic carbocycles. The molecular formula is C48H48N8Zn. The monoisotopic (exact) mass is 800 g/mol. The van der Waals surface area contributed by atoms with E-state index in [-0.39, 0.29) is 19.5 Å². The van der Waals surface area contributed by atoms with Crippen LogP contribution in [0.3, 0.4) is 0 Å². The Labute approximate surface area is 347 Å². The second-order valence-corrected chi connectivity index (χ2v) is 16.5. The third-order valence-corrected chi connectivity index (χ3v) is 14.2. The van der Waals surface area contributed by atoms with Gasteiger partial charge in [-0.2, -0.15) is 0 Å². The van der Waals surface area contributed by atoms with Crippen molar-refractivity contribution in [3.63, 3.8) is 0 Å². The van der Waals surface area contributed by atoms with Crippen molar-refractivity contribution in [3.05, 3.63) is 89.0 Å². The fourth-order valence-electron chi connectivity index (χ4n) is 9.38. The average Bonchev–Trinajstić information content (AvgIpc) is 3.92. The van der Waals surface area contributed by atoms with Gasteiger partial charge in [-0.1, -0.05) is 0 Å². The molecule has 7 aromatic rings. The van der Waals surface area contributed by atoms with Crippen molar-refractivity contribution in [2.24, 2.45) is 0 Å². The van der Waals surface area contributed by atoms with E-state index in [0.717, 1.165) is 88.3 Å². The summed E-state index contributed by atoms with van der Waals surface area (Å²) >= 11 is 0. The fourth-order valence-corrected chi connectivity index (χ4v) is 9.38. The van der Waals surface area contributed by atoms with Gasteiger partial charge < -0.3 is 29.9 Å². The van der Waals surface area contributed by atoms with Crippen LogP contribution in [0.15, 0.2) is 0 Å². The first-order chi connectivity index (χ1) is 26.4. The van der Waals surface area contributed by atoms with Gasteiger partial charge in [-0.15, -0.1) is 0 Å². The third kappa shape index (κ3) is 5.06. The molecule has 57 heavy (non-hydrogen) atoms. The van der Waals surface area contributed by atoms with Gasteiger partial charge in [0.25, 0.3) is 0 Å². The Balaban J connectivity index is 0.00000455. The molecular weight excluding hydrogens is 754 g/mol. The summed E-state index contributed by atoms with van der Waals surface area (Å²) in [5.41, 5.74) is 25.3. The minimum atomic E-state index is 0. The normalized spacial score (nSPS) is 12.1. The molecule has 0 N–H and O–H groups in total. The summed E-state index contributed by atoms with van der Waals surface area (Å²) in [4.78, 5) is 42.8. The number of aryl methyl sites for hydroxylation is 4. The summed E-state index contributed by atoms with van der Waals surface area (Å²) in [5.74, 6) is 2.42. The maximum absolute atomic E-state index is 5.41. The molecule has 3 aromatic heterocycles. The van der Waals surface area contributed by atoms with Gasteiger partial charge in [0.2, 0.25) is 0 Å². The molecule has 0 fully saturated rings. The molecule has 0 spiro atoms. The van der Waals surface area contributed by atoms with Gasteiger partial charge in [-0.25, -0.2) is 9.97 Å². The number of aromatic nitrogens is 8. The molecule has 0 amide bonds. The summed E-state index contributed by atoms with van der Waals surface area (Å²) in [6.45, 7) is 34.8. The van der Waals surface area contributed by atoms with Gasteiger partial charge in [0.05, 0.1) is 23.3 Å². The minimum Gasteiger partial charge on any atom is -0.357 e. The minimum absolute atomic E-state index is 0. The van der Waals surface area contributed by atoms with Crippen LogP contribution in [0.25, 0.3) is 89.7 Å². The predicted octanol–water partition coefficient (Wildman–Crippen LogP) is 11.1. The van der Waals surface area contributed by atoms with E-state index >= 15 is 0 Å². The maximum atomic E-state index is 5.41. The summed E-state index contributed by atoms with van der Waals surface area (Å²) in [5, 5.41) is 3.97. The van der Waals surface area contributed by atoms with Gasteiger partial charge in [0, 0.05) is 44.8 Å². The van der Waals surface area contributed by atoms with E-state index < -0.39 is 0 Å². The van der Waals surface area contributed by atoms with Crippen LogP contribution < -0.4 is 9.97 Å². The summed E-state index contributed by atoms with van der Waals surface area (Å²) in [6, 6.07) is 0.